The number of hydrogen-bond donors (Lipinski definition) is 0. The van der Waals surface area contributed by atoms with Gasteiger partial charge in [0.1, 0.15) is 6.54 Å². The van der Waals surface area contributed by atoms with Crippen molar-refractivity contribution in [2.24, 2.45) is 17.3 Å². The summed E-state index contributed by atoms with van der Waals surface area (Å²) in [4.78, 5) is 26.7. The van der Waals surface area contributed by atoms with E-state index in [0.29, 0.717) is 22.7 Å². The maximum absolute atomic E-state index is 12.9. The highest BCUT2D eigenvalue weighted by Crippen LogP contribution is 2.41. The van der Waals surface area contributed by atoms with Gasteiger partial charge in [-0.3, -0.25) is 9.59 Å². The number of rotatable bonds is 4. The van der Waals surface area contributed by atoms with Crippen molar-refractivity contribution in [1.82, 2.24) is 15.0 Å². The van der Waals surface area contributed by atoms with Crippen molar-refractivity contribution in [3.63, 3.8) is 0 Å². The summed E-state index contributed by atoms with van der Waals surface area (Å²) >= 11 is 1.57. The summed E-state index contributed by atoms with van der Waals surface area (Å²) in [6.45, 7) is 10.9. The van der Waals surface area contributed by atoms with Crippen molar-refractivity contribution in [2.75, 3.05) is 6.61 Å². The van der Waals surface area contributed by atoms with Crippen LogP contribution in [0.5, 0.6) is 0 Å². The number of aromatic nitrogens is 3. The Morgan fingerprint density at radius 2 is 2.12 bits per heavy atom. The Morgan fingerprint density at radius 1 is 1.38 bits per heavy atom. The van der Waals surface area contributed by atoms with Gasteiger partial charge in [-0.1, -0.05) is 39.8 Å². The van der Waals surface area contributed by atoms with Crippen LogP contribution in [0.15, 0.2) is 4.79 Å². The average Bonchev–Trinajstić information content (AvgIpc) is 2.93. The molecule has 0 unspecified atom stereocenters. The van der Waals surface area contributed by atoms with E-state index in [2.05, 4.69) is 31.1 Å². The highest BCUT2D eigenvalue weighted by atomic mass is 32.1. The number of ether oxygens (including phenoxy) is 1. The quantitative estimate of drug-likeness (QED) is 0.765. The molecule has 2 aromatic rings. The number of carbonyl (C=O) groups excluding carboxylic acids is 1. The van der Waals surface area contributed by atoms with Crippen molar-refractivity contribution in [2.45, 2.75) is 60.4 Å². The fraction of sp³-hybridized carbons (Fsp3) is 0.684. The van der Waals surface area contributed by atoms with Crippen molar-refractivity contribution in [3.8, 4) is 0 Å². The van der Waals surface area contributed by atoms with Gasteiger partial charge in [-0.25, -0.2) is 0 Å². The van der Waals surface area contributed by atoms with E-state index in [4.69, 9.17) is 4.74 Å². The lowest BCUT2D eigenvalue weighted by Gasteiger charge is -2.33. The zero-order valence-corrected chi connectivity index (χ0v) is 17.0. The van der Waals surface area contributed by atoms with E-state index >= 15 is 0 Å². The molecule has 0 amide bonds. The molecule has 0 N–H and O–H groups in total. The highest BCUT2D eigenvalue weighted by molar-refractivity contribution is 7.18. The van der Waals surface area contributed by atoms with Crippen LogP contribution in [0, 0.1) is 17.3 Å². The lowest BCUT2D eigenvalue weighted by Crippen LogP contribution is -2.30. The van der Waals surface area contributed by atoms with Crippen LogP contribution in [-0.2, 0) is 28.9 Å². The van der Waals surface area contributed by atoms with Crippen LogP contribution in [0.25, 0.3) is 10.2 Å². The van der Waals surface area contributed by atoms with Crippen molar-refractivity contribution in [1.29, 1.82) is 0 Å². The van der Waals surface area contributed by atoms with E-state index in [-0.39, 0.29) is 23.4 Å². The molecule has 0 fully saturated rings. The fourth-order valence-electron chi connectivity index (χ4n) is 3.40. The third-order valence-electron chi connectivity index (χ3n) is 5.02. The van der Waals surface area contributed by atoms with Gasteiger partial charge < -0.3 is 4.74 Å². The number of esters is 1. The van der Waals surface area contributed by atoms with Crippen LogP contribution in [-0.4, -0.2) is 27.6 Å². The minimum atomic E-state index is -0.452. The number of nitrogens with zero attached hydrogens (tertiary/aromatic N) is 3. The molecule has 1 atom stereocenters. The summed E-state index contributed by atoms with van der Waals surface area (Å²) in [5.74, 6) is 0.402. The first-order chi connectivity index (χ1) is 12.2. The maximum Gasteiger partial charge on any atom is 0.327 e. The first-order valence-electron chi connectivity index (χ1n) is 9.20. The third-order valence-corrected chi connectivity index (χ3v) is 6.16. The van der Waals surface area contributed by atoms with Gasteiger partial charge in [0, 0.05) is 4.88 Å². The van der Waals surface area contributed by atoms with Crippen LogP contribution in [0.3, 0.4) is 0 Å². The second-order valence-corrected chi connectivity index (χ2v) is 9.70. The van der Waals surface area contributed by atoms with Gasteiger partial charge in [-0.05, 0) is 42.1 Å². The molecule has 0 radical (unpaired) electrons. The Bertz CT molecular complexity index is 877. The summed E-state index contributed by atoms with van der Waals surface area (Å²) in [6.07, 6.45) is 2.94. The lowest BCUT2D eigenvalue weighted by molar-refractivity contribution is -0.145. The third kappa shape index (κ3) is 3.82. The standard InChI is InChI=1S/C19H27N3O3S/c1-11(2)10-25-15(23)9-22-18(24)16-13-7-6-12(19(3,4)5)8-14(13)26-17(16)20-21-22/h11-12H,6-10H2,1-5H3/t12-/m1/s1. The van der Waals surface area contributed by atoms with Gasteiger partial charge in [0.15, 0.2) is 4.83 Å². The summed E-state index contributed by atoms with van der Waals surface area (Å²) in [5.41, 5.74) is 1.12. The second-order valence-electron chi connectivity index (χ2n) is 8.62. The van der Waals surface area contributed by atoms with E-state index in [0.717, 1.165) is 29.5 Å². The van der Waals surface area contributed by atoms with Crippen molar-refractivity contribution < 1.29 is 9.53 Å². The Hall–Kier alpha value is -1.76. The van der Waals surface area contributed by atoms with Gasteiger partial charge in [-0.15, -0.1) is 16.4 Å². The number of hydrogen-bond acceptors (Lipinski definition) is 6. The van der Waals surface area contributed by atoms with Crippen LogP contribution >= 0.6 is 11.3 Å². The van der Waals surface area contributed by atoms with E-state index in [9.17, 15) is 9.59 Å². The summed E-state index contributed by atoms with van der Waals surface area (Å²) in [6, 6.07) is 0. The molecule has 6 nitrogen and oxygen atoms in total. The smallest absolute Gasteiger partial charge is 0.327 e. The van der Waals surface area contributed by atoms with Crippen LogP contribution in [0.4, 0.5) is 0 Å². The van der Waals surface area contributed by atoms with E-state index in [1.165, 1.54) is 4.88 Å². The Kier molecular flexibility index (Phi) is 5.19. The van der Waals surface area contributed by atoms with E-state index in [1.54, 1.807) is 11.3 Å². The fourth-order valence-corrected chi connectivity index (χ4v) is 4.63. The van der Waals surface area contributed by atoms with Crippen LogP contribution < -0.4 is 5.56 Å². The number of thiophene rings is 1. The molecule has 0 aromatic carbocycles. The summed E-state index contributed by atoms with van der Waals surface area (Å²) < 4.78 is 6.29. The number of carbonyl (C=O) groups is 1. The van der Waals surface area contributed by atoms with Gasteiger partial charge in [0.2, 0.25) is 0 Å². The monoisotopic (exact) mass is 377 g/mol. The van der Waals surface area contributed by atoms with Crippen LogP contribution in [0.2, 0.25) is 0 Å². The second kappa shape index (κ2) is 7.10. The summed E-state index contributed by atoms with van der Waals surface area (Å²) in [5, 5.41) is 8.80. The molecule has 0 bridgehead atoms. The Labute approximate surface area is 157 Å². The van der Waals surface area contributed by atoms with Gasteiger partial charge in [-0.2, -0.15) is 4.68 Å². The largest absolute Gasteiger partial charge is 0.464 e. The van der Waals surface area contributed by atoms with E-state index < -0.39 is 5.97 Å². The molecular formula is C19H27N3O3S. The predicted octanol–water partition coefficient (Wildman–Crippen LogP) is 3.20. The average molecular weight is 378 g/mol. The molecule has 0 saturated carbocycles. The molecule has 2 heterocycles. The molecule has 1 aliphatic rings. The zero-order valence-electron chi connectivity index (χ0n) is 16.2. The molecule has 0 spiro atoms. The molecular weight excluding hydrogens is 350 g/mol. The first-order valence-corrected chi connectivity index (χ1v) is 10.0. The number of fused-ring (bicyclic) bond motifs is 3. The van der Waals surface area contributed by atoms with Crippen molar-refractivity contribution in [3.05, 3.63) is 20.8 Å². The zero-order chi connectivity index (χ0) is 19.1. The minimum absolute atomic E-state index is 0.191. The highest BCUT2D eigenvalue weighted by Gasteiger charge is 2.32. The lowest BCUT2D eigenvalue weighted by atomic mass is 9.72. The minimum Gasteiger partial charge on any atom is -0.464 e. The first kappa shape index (κ1) is 19.0. The van der Waals surface area contributed by atoms with Gasteiger partial charge in [0.25, 0.3) is 5.56 Å². The topological polar surface area (TPSA) is 74.1 Å². The Morgan fingerprint density at radius 3 is 2.77 bits per heavy atom. The van der Waals surface area contributed by atoms with Crippen LogP contribution in [0.1, 0.15) is 51.5 Å². The molecule has 26 heavy (non-hydrogen) atoms. The molecule has 0 saturated heterocycles. The number of aryl methyl sites for hydroxylation is 1. The molecule has 2 aromatic heterocycles. The molecule has 3 rings (SSSR count). The molecule has 1 aliphatic carbocycles. The van der Waals surface area contributed by atoms with E-state index in [1.807, 2.05) is 13.8 Å². The molecule has 142 valence electrons. The predicted molar refractivity (Wildman–Crippen MR) is 102 cm³/mol. The Balaban J connectivity index is 1.89. The SMILES string of the molecule is CC(C)COC(=O)Cn1nnc2sc3c(c2c1=O)CC[C@@H](C(C)(C)C)C3. The van der Waals surface area contributed by atoms with Gasteiger partial charge in [0.05, 0.1) is 12.0 Å². The molecule has 0 aliphatic heterocycles. The maximum atomic E-state index is 12.9. The molecule has 7 heteroatoms. The summed E-state index contributed by atoms with van der Waals surface area (Å²) in [7, 11) is 0. The van der Waals surface area contributed by atoms with Gasteiger partial charge >= 0.3 is 5.97 Å². The van der Waals surface area contributed by atoms with Crippen molar-refractivity contribution >= 4 is 27.5 Å². The normalized spacial score (nSPS) is 17.5.